The van der Waals surface area contributed by atoms with Gasteiger partial charge in [0, 0.05) is 5.03 Å². The maximum absolute atomic E-state index is 5.76. The zero-order valence-corrected chi connectivity index (χ0v) is 7.77. The van der Waals surface area contributed by atoms with Crippen molar-refractivity contribution in [3.63, 3.8) is 0 Å². The van der Waals surface area contributed by atoms with Crippen LogP contribution in [-0.4, -0.2) is 0 Å². The second-order valence-corrected chi connectivity index (χ2v) is 2.77. The first-order valence-corrected chi connectivity index (χ1v) is 4.33. The lowest BCUT2D eigenvalue weighted by Gasteiger charge is -1.88. The Balaban J connectivity index is 3.56. The quantitative estimate of drug-likeness (QED) is 0.432. The molecule has 0 aromatic heterocycles. The van der Waals surface area contributed by atoms with Gasteiger partial charge in [-0.25, -0.2) is 0 Å². The van der Waals surface area contributed by atoms with E-state index in [-0.39, 0.29) is 0 Å². The van der Waals surface area contributed by atoms with Gasteiger partial charge in [-0.15, -0.1) is 0 Å². The van der Waals surface area contributed by atoms with Crippen LogP contribution >= 0.6 is 11.6 Å². The lowest BCUT2D eigenvalue weighted by atomic mass is 10.2. The lowest BCUT2D eigenvalue weighted by molar-refractivity contribution is 0.815. The van der Waals surface area contributed by atoms with Crippen LogP contribution in [0.5, 0.6) is 0 Å². The summed E-state index contributed by atoms with van der Waals surface area (Å²) in [6, 6.07) is 0. The third-order valence-corrected chi connectivity index (χ3v) is 1.53. The van der Waals surface area contributed by atoms with Crippen molar-refractivity contribution in [1.82, 2.24) is 0 Å². The summed E-state index contributed by atoms with van der Waals surface area (Å²) in [5.41, 5.74) is 0. The first-order chi connectivity index (χ1) is 5.31. The van der Waals surface area contributed by atoms with Crippen LogP contribution in [0, 0.1) is 0 Å². The molecule has 11 heavy (non-hydrogen) atoms. The minimum Gasteiger partial charge on any atom is -0.0990 e. The Bertz CT molecular complexity index is 154. The van der Waals surface area contributed by atoms with Gasteiger partial charge in [0.2, 0.25) is 0 Å². The number of halogens is 1. The number of unbranched alkanes of at least 4 members (excludes halogenated alkanes) is 2. The summed E-state index contributed by atoms with van der Waals surface area (Å²) < 4.78 is 0. The summed E-state index contributed by atoms with van der Waals surface area (Å²) in [4.78, 5) is 0. The molecular formula is C10H15Cl. The predicted octanol–water partition coefficient (Wildman–Crippen LogP) is 4.04. The van der Waals surface area contributed by atoms with Crippen molar-refractivity contribution in [3.05, 3.63) is 35.9 Å². The van der Waals surface area contributed by atoms with Crippen LogP contribution in [0.3, 0.4) is 0 Å². The van der Waals surface area contributed by atoms with Crippen molar-refractivity contribution in [3.8, 4) is 0 Å². The normalized spacial score (nSPS) is 12.4. The van der Waals surface area contributed by atoms with Crippen LogP contribution in [-0.2, 0) is 0 Å². The molecule has 0 aromatic carbocycles. The molecule has 0 aliphatic rings. The van der Waals surface area contributed by atoms with Gasteiger partial charge >= 0.3 is 0 Å². The third-order valence-electron chi connectivity index (χ3n) is 1.28. The fraction of sp³-hybridized carbons (Fsp3) is 0.400. The molecule has 0 radical (unpaired) electrons. The van der Waals surface area contributed by atoms with Gasteiger partial charge in [0.15, 0.2) is 0 Å². The highest BCUT2D eigenvalue weighted by molar-refractivity contribution is 6.31. The van der Waals surface area contributed by atoms with Crippen molar-refractivity contribution >= 4 is 11.6 Å². The van der Waals surface area contributed by atoms with Gasteiger partial charge in [0.1, 0.15) is 0 Å². The molecule has 0 nitrogen and oxygen atoms in total. The molecule has 0 aromatic rings. The van der Waals surface area contributed by atoms with Crippen LogP contribution < -0.4 is 0 Å². The number of hydrogen-bond donors (Lipinski definition) is 0. The summed E-state index contributed by atoms with van der Waals surface area (Å²) >= 11 is 5.76. The third kappa shape index (κ3) is 7.41. The van der Waals surface area contributed by atoms with Crippen molar-refractivity contribution in [1.29, 1.82) is 0 Å². The second kappa shape index (κ2) is 7.62. The monoisotopic (exact) mass is 170 g/mol. The molecule has 0 atom stereocenters. The molecule has 0 fully saturated rings. The van der Waals surface area contributed by atoms with Crippen LogP contribution in [0.15, 0.2) is 35.9 Å². The first kappa shape index (κ1) is 10.5. The minimum atomic E-state index is 0.746. The molecule has 0 rings (SSSR count). The van der Waals surface area contributed by atoms with E-state index in [2.05, 4.69) is 19.6 Å². The van der Waals surface area contributed by atoms with Crippen LogP contribution in [0.1, 0.15) is 26.2 Å². The topological polar surface area (TPSA) is 0 Å². The van der Waals surface area contributed by atoms with E-state index in [0.29, 0.717) is 0 Å². The average Bonchev–Trinajstić information content (AvgIpc) is 1.99. The van der Waals surface area contributed by atoms with Gasteiger partial charge in [0.25, 0.3) is 0 Å². The standard InChI is InChI=1S/C10H15Cl/c1-3-5-6-7-9-10(11)8-4-2/h4,7-9H,2-3,5-6H2,1H3/b9-7-,10-8+. The maximum atomic E-state index is 5.76. The predicted molar refractivity (Wildman–Crippen MR) is 52.8 cm³/mol. The smallest absolute Gasteiger partial charge is 0.0402 e. The molecule has 0 spiro atoms. The molecular weight excluding hydrogens is 156 g/mol. The Morgan fingerprint density at radius 2 is 2.27 bits per heavy atom. The Labute approximate surface area is 74.3 Å². The highest BCUT2D eigenvalue weighted by Crippen LogP contribution is 2.04. The molecule has 0 saturated heterocycles. The fourth-order valence-corrected chi connectivity index (χ4v) is 0.864. The SMILES string of the molecule is C=C/C=C(Cl)\C=C/CCCC. The van der Waals surface area contributed by atoms with Gasteiger partial charge in [-0.1, -0.05) is 50.1 Å². The van der Waals surface area contributed by atoms with Crippen molar-refractivity contribution in [2.75, 3.05) is 0 Å². The molecule has 62 valence electrons. The summed E-state index contributed by atoms with van der Waals surface area (Å²) in [6.07, 6.45) is 11.0. The van der Waals surface area contributed by atoms with E-state index in [1.54, 1.807) is 12.2 Å². The number of rotatable bonds is 5. The zero-order valence-electron chi connectivity index (χ0n) is 7.02. The van der Waals surface area contributed by atoms with Gasteiger partial charge in [-0.05, 0) is 18.6 Å². The molecule has 0 amide bonds. The zero-order chi connectivity index (χ0) is 8.53. The van der Waals surface area contributed by atoms with E-state index in [1.165, 1.54) is 12.8 Å². The Kier molecular flexibility index (Phi) is 7.28. The highest BCUT2D eigenvalue weighted by atomic mass is 35.5. The van der Waals surface area contributed by atoms with Crippen molar-refractivity contribution in [2.24, 2.45) is 0 Å². The maximum Gasteiger partial charge on any atom is 0.0402 e. The minimum absolute atomic E-state index is 0.746. The Hall–Kier alpha value is -0.490. The Morgan fingerprint density at radius 1 is 1.55 bits per heavy atom. The molecule has 0 heterocycles. The molecule has 0 aliphatic carbocycles. The van der Waals surface area contributed by atoms with E-state index in [4.69, 9.17) is 11.6 Å². The van der Waals surface area contributed by atoms with Gasteiger partial charge in [-0.2, -0.15) is 0 Å². The summed E-state index contributed by atoms with van der Waals surface area (Å²) in [5.74, 6) is 0. The van der Waals surface area contributed by atoms with Crippen LogP contribution in [0.2, 0.25) is 0 Å². The summed E-state index contributed by atoms with van der Waals surface area (Å²) in [7, 11) is 0. The number of allylic oxidation sites excluding steroid dienone is 5. The largest absolute Gasteiger partial charge is 0.0990 e. The van der Waals surface area contributed by atoms with E-state index in [0.717, 1.165) is 11.5 Å². The van der Waals surface area contributed by atoms with E-state index in [1.807, 2.05) is 6.08 Å². The Morgan fingerprint density at radius 3 is 2.82 bits per heavy atom. The molecule has 1 heteroatoms. The van der Waals surface area contributed by atoms with E-state index >= 15 is 0 Å². The van der Waals surface area contributed by atoms with Crippen molar-refractivity contribution < 1.29 is 0 Å². The van der Waals surface area contributed by atoms with Crippen LogP contribution in [0.25, 0.3) is 0 Å². The van der Waals surface area contributed by atoms with Gasteiger partial charge < -0.3 is 0 Å². The first-order valence-electron chi connectivity index (χ1n) is 3.96. The molecule has 0 saturated carbocycles. The lowest BCUT2D eigenvalue weighted by Crippen LogP contribution is -1.67. The molecule has 0 aliphatic heterocycles. The molecule has 0 unspecified atom stereocenters. The second-order valence-electron chi connectivity index (χ2n) is 2.33. The summed E-state index contributed by atoms with van der Waals surface area (Å²) in [6.45, 7) is 5.73. The van der Waals surface area contributed by atoms with E-state index in [9.17, 15) is 0 Å². The van der Waals surface area contributed by atoms with Crippen molar-refractivity contribution in [2.45, 2.75) is 26.2 Å². The molecule has 0 bridgehead atoms. The number of hydrogen-bond acceptors (Lipinski definition) is 0. The average molecular weight is 171 g/mol. The summed E-state index contributed by atoms with van der Waals surface area (Å²) in [5, 5.41) is 0.746. The fourth-order valence-electron chi connectivity index (χ4n) is 0.686. The van der Waals surface area contributed by atoms with E-state index < -0.39 is 0 Å². The van der Waals surface area contributed by atoms with Gasteiger partial charge in [0.05, 0.1) is 0 Å². The van der Waals surface area contributed by atoms with Gasteiger partial charge in [-0.3, -0.25) is 0 Å². The highest BCUT2D eigenvalue weighted by Gasteiger charge is 1.81. The molecule has 0 N–H and O–H groups in total. The van der Waals surface area contributed by atoms with Crippen LogP contribution in [0.4, 0.5) is 0 Å².